The number of benzene rings is 1. The van der Waals surface area contributed by atoms with Gasteiger partial charge in [-0.2, -0.15) is 0 Å². The second kappa shape index (κ2) is 7.02. The zero-order chi connectivity index (χ0) is 16.2. The maximum Gasteiger partial charge on any atom is 0.236 e. The first-order valence-electron chi connectivity index (χ1n) is 7.97. The lowest BCUT2D eigenvalue weighted by Gasteiger charge is -2.22. The summed E-state index contributed by atoms with van der Waals surface area (Å²) in [6, 6.07) is 7.76. The summed E-state index contributed by atoms with van der Waals surface area (Å²) >= 11 is 0. The van der Waals surface area contributed by atoms with Gasteiger partial charge in [-0.25, -0.2) is 0 Å². The Morgan fingerprint density at radius 1 is 1.35 bits per heavy atom. The van der Waals surface area contributed by atoms with E-state index in [1.165, 1.54) is 0 Å². The van der Waals surface area contributed by atoms with Gasteiger partial charge in [0.1, 0.15) is 18.5 Å². The standard InChI is InChI=1S/C17H23N3O3/c1-19-8-3-9-20(11-17(19)22)10-13(21)12-23-16-5-2-4-15-14(16)6-7-18-15/h2,4-7,13,18,21H,3,8-12H2,1H3/t13-/m0/s1. The number of likely N-dealkylation sites (N-methyl/N-ethyl adjacent to an activating group) is 1. The van der Waals surface area contributed by atoms with Gasteiger partial charge >= 0.3 is 0 Å². The van der Waals surface area contributed by atoms with E-state index in [0.717, 1.165) is 36.2 Å². The third-order valence-electron chi connectivity index (χ3n) is 4.21. The predicted octanol–water partition coefficient (Wildman–Crippen LogP) is 1.07. The van der Waals surface area contributed by atoms with E-state index in [9.17, 15) is 9.90 Å². The fraction of sp³-hybridized carbons (Fsp3) is 0.471. The van der Waals surface area contributed by atoms with Gasteiger partial charge in [-0.15, -0.1) is 0 Å². The molecule has 1 aromatic carbocycles. The number of rotatable bonds is 5. The van der Waals surface area contributed by atoms with E-state index < -0.39 is 6.10 Å². The van der Waals surface area contributed by atoms with Crippen LogP contribution in [0.1, 0.15) is 6.42 Å². The van der Waals surface area contributed by atoms with Crippen LogP contribution in [0.5, 0.6) is 5.75 Å². The molecule has 6 nitrogen and oxygen atoms in total. The fourth-order valence-electron chi connectivity index (χ4n) is 2.92. The number of H-pyrrole nitrogens is 1. The highest BCUT2D eigenvalue weighted by Crippen LogP contribution is 2.24. The molecule has 1 aromatic heterocycles. The Labute approximate surface area is 135 Å². The summed E-state index contributed by atoms with van der Waals surface area (Å²) in [7, 11) is 1.82. The number of ether oxygens (including phenoxy) is 1. The largest absolute Gasteiger partial charge is 0.490 e. The van der Waals surface area contributed by atoms with Crippen LogP contribution in [0.25, 0.3) is 10.9 Å². The van der Waals surface area contributed by atoms with Crippen LogP contribution in [-0.2, 0) is 4.79 Å². The zero-order valence-electron chi connectivity index (χ0n) is 13.4. The maximum absolute atomic E-state index is 11.9. The molecule has 0 radical (unpaired) electrons. The van der Waals surface area contributed by atoms with Crippen LogP contribution in [0.2, 0.25) is 0 Å². The molecule has 1 amide bonds. The van der Waals surface area contributed by atoms with Gasteiger partial charge in [0.25, 0.3) is 0 Å². The van der Waals surface area contributed by atoms with Crippen LogP contribution in [0.3, 0.4) is 0 Å². The lowest BCUT2D eigenvalue weighted by atomic mass is 10.2. The summed E-state index contributed by atoms with van der Waals surface area (Å²) in [4.78, 5) is 18.7. The Morgan fingerprint density at radius 3 is 3.09 bits per heavy atom. The van der Waals surface area contributed by atoms with E-state index in [1.54, 1.807) is 4.90 Å². The summed E-state index contributed by atoms with van der Waals surface area (Å²) in [5, 5.41) is 11.2. The topological polar surface area (TPSA) is 68.8 Å². The monoisotopic (exact) mass is 317 g/mol. The number of amides is 1. The molecule has 0 unspecified atom stereocenters. The van der Waals surface area contributed by atoms with Crippen molar-refractivity contribution in [3.8, 4) is 5.75 Å². The van der Waals surface area contributed by atoms with Crippen LogP contribution in [-0.4, -0.2) is 71.7 Å². The van der Waals surface area contributed by atoms with Crippen LogP contribution < -0.4 is 4.74 Å². The number of nitrogens with one attached hydrogen (secondary N) is 1. The van der Waals surface area contributed by atoms with Crippen LogP contribution in [0.15, 0.2) is 30.5 Å². The molecule has 1 fully saturated rings. The zero-order valence-corrected chi connectivity index (χ0v) is 13.4. The van der Waals surface area contributed by atoms with Gasteiger partial charge in [-0.1, -0.05) is 6.07 Å². The van der Waals surface area contributed by atoms with Crippen molar-refractivity contribution in [1.29, 1.82) is 0 Å². The van der Waals surface area contributed by atoms with Gasteiger partial charge in [0.15, 0.2) is 0 Å². The highest BCUT2D eigenvalue weighted by atomic mass is 16.5. The van der Waals surface area contributed by atoms with Gasteiger partial charge in [-0.05, 0) is 24.6 Å². The Hall–Kier alpha value is -2.05. The van der Waals surface area contributed by atoms with Crippen molar-refractivity contribution in [1.82, 2.24) is 14.8 Å². The smallest absolute Gasteiger partial charge is 0.236 e. The number of carbonyl (C=O) groups is 1. The third kappa shape index (κ3) is 3.83. The lowest BCUT2D eigenvalue weighted by molar-refractivity contribution is -0.130. The minimum absolute atomic E-state index is 0.104. The number of aliphatic hydroxyl groups is 1. The molecule has 2 N–H and O–H groups in total. The molecule has 23 heavy (non-hydrogen) atoms. The number of hydrogen-bond acceptors (Lipinski definition) is 4. The maximum atomic E-state index is 11.9. The molecule has 1 aliphatic rings. The molecule has 6 heteroatoms. The summed E-state index contributed by atoms with van der Waals surface area (Å²) in [6.07, 6.45) is 2.17. The Kier molecular flexibility index (Phi) is 4.83. The number of carbonyl (C=O) groups excluding carboxylic acids is 1. The van der Waals surface area contributed by atoms with E-state index in [0.29, 0.717) is 13.1 Å². The van der Waals surface area contributed by atoms with Crippen LogP contribution in [0, 0.1) is 0 Å². The SMILES string of the molecule is CN1CCCN(C[C@H](O)COc2cccc3[nH]ccc23)CC1=O. The molecule has 2 aromatic rings. The highest BCUT2D eigenvalue weighted by molar-refractivity contribution is 5.85. The summed E-state index contributed by atoms with van der Waals surface area (Å²) < 4.78 is 5.77. The molecule has 1 aliphatic heterocycles. The molecule has 0 saturated carbocycles. The minimum Gasteiger partial charge on any atom is -0.490 e. The van der Waals surface area contributed by atoms with E-state index in [1.807, 2.05) is 42.4 Å². The number of aromatic amines is 1. The molecule has 1 atom stereocenters. The average molecular weight is 317 g/mol. The first kappa shape index (κ1) is 15.8. The van der Waals surface area contributed by atoms with E-state index in [-0.39, 0.29) is 12.5 Å². The first-order valence-corrected chi connectivity index (χ1v) is 7.97. The molecular weight excluding hydrogens is 294 g/mol. The third-order valence-corrected chi connectivity index (χ3v) is 4.21. The van der Waals surface area contributed by atoms with Crippen molar-refractivity contribution < 1.29 is 14.6 Å². The molecule has 3 rings (SSSR count). The van der Waals surface area contributed by atoms with E-state index in [4.69, 9.17) is 4.74 Å². The highest BCUT2D eigenvalue weighted by Gasteiger charge is 2.21. The molecule has 0 bridgehead atoms. The number of β-amino-alcohol motifs (C(OH)–C–C–N with tert-alkyl or cyclic N) is 1. The van der Waals surface area contributed by atoms with Gasteiger partial charge in [0.05, 0.1) is 6.54 Å². The van der Waals surface area contributed by atoms with Crippen molar-refractivity contribution in [3.63, 3.8) is 0 Å². The first-order chi connectivity index (χ1) is 11.1. The molecule has 1 saturated heterocycles. The Bertz CT molecular complexity index is 670. The molecule has 124 valence electrons. The number of aromatic nitrogens is 1. The van der Waals surface area contributed by atoms with Gasteiger partial charge < -0.3 is 19.7 Å². The van der Waals surface area contributed by atoms with Crippen molar-refractivity contribution >= 4 is 16.8 Å². The second-order valence-electron chi connectivity index (χ2n) is 6.06. The molecular formula is C17H23N3O3. The van der Waals surface area contributed by atoms with Crippen molar-refractivity contribution in [2.24, 2.45) is 0 Å². The van der Waals surface area contributed by atoms with Crippen LogP contribution in [0.4, 0.5) is 0 Å². The quantitative estimate of drug-likeness (QED) is 0.866. The summed E-state index contributed by atoms with van der Waals surface area (Å²) in [5.74, 6) is 0.863. The van der Waals surface area contributed by atoms with Gasteiger partial charge in [-0.3, -0.25) is 9.69 Å². The van der Waals surface area contributed by atoms with E-state index >= 15 is 0 Å². The normalized spacial score (nSPS) is 18.2. The number of hydrogen-bond donors (Lipinski definition) is 2. The Morgan fingerprint density at radius 2 is 2.22 bits per heavy atom. The van der Waals surface area contributed by atoms with Crippen molar-refractivity contribution in [3.05, 3.63) is 30.5 Å². The van der Waals surface area contributed by atoms with Crippen molar-refractivity contribution in [2.45, 2.75) is 12.5 Å². The van der Waals surface area contributed by atoms with E-state index in [2.05, 4.69) is 4.98 Å². The van der Waals surface area contributed by atoms with Crippen LogP contribution >= 0.6 is 0 Å². The van der Waals surface area contributed by atoms with Crippen molar-refractivity contribution in [2.75, 3.05) is 39.8 Å². The lowest BCUT2D eigenvalue weighted by Crippen LogP contribution is -2.40. The fourth-order valence-corrected chi connectivity index (χ4v) is 2.92. The molecule has 0 aliphatic carbocycles. The van der Waals surface area contributed by atoms with Gasteiger partial charge in [0, 0.05) is 43.8 Å². The molecule has 0 spiro atoms. The average Bonchev–Trinajstić information content (AvgIpc) is 2.95. The minimum atomic E-state index is -0.625. The number of fused-ring (bicyclic) bond motifs is 1. The summed E-state index contributed by atoms with van der Waals surface area (Å²) in [6.45, 7) is 2.62. The number of aliphatic hydroxyl groups excluding tert-OH is 1. The second-order valence-corrected chi connectivity index (χ2v) is 6.06. The predicted molar refractivity (Wildman–Crippen MR) is 88.5 cm³/mol. The molecule has 2 heterocycles. The number of nitrogens with zero attached hydrogens (tertiary/aromatic N) is 2. The Balaban J connectivity index is 1.54. The van der Waals surface area contributed by atoms with Gasteiger partial charge in [0.2, 0.25) is 5.91 Å². The summed E-state index contributed by atoms with van der Waals surface area (Å²) in [5.41, 5.74) is 1.01.